The van der Waals surface area contributed by atoms with Gasteiger partial charge >= 0.3 is 0 Å². The standard InChI is InChI=1S/C24H28FN7O/c1-33-21-13-19(8-9-26-21)30-14-16-6-7-17(15-30)22(16)27-23-28-24-31(10-3-11-32(24)29-23)20-5-2-4-18(25)12-20/h2,4-5,8-9,12-13,16-17,22H,3,6-7,10-11,14-15H2,1H3,(H,27,29)/t16-,17?,22?/m0/s1. The van der Waals surface area contributed by atoms with Crippen LogP contribution < -0.4 is 19.9 Å². The zero-order chi connectivity index (χ0) is 22.4. The van der Waals surface area contributed by atoms with Crippen LogP contribution in [0.4, 0.5) is 27.7 Å². The third kappa shape index (κ3) is 3.75. The van der Waals surface area contributed by atoms with Crippen molar-refractivity contribution in [2.24, 2.45) is 11.8 Å². The second-order valence-electron chi connectivity index (χ2n) is 9.17. The van der Waals surface area contributed by atoms with Crippen LogP contribution in [0.25, 0.3) is 0 Å². The maximum atomic E-state index is 13.8. The molecule has 1 saturated heterocycles. The molecule has 2 unspecified atom stereocenters. The second-order valence-corrected chi connectivity index (χ2v) is 9.17. The van der Waals surface area contributed by atoms with Gasteiger partial charge in [-0.15, -0.1) is 5.10 Å². The van der Waals surface area contributed by atoms with Crippen LogP contribution in [0, 0.1) is 17.7 Å². The molecule has 0 spiro atoms. The number of nitrogens with zero attached hydrogens (tertiary/aromatic N) is 6. The fourth-order valence-corrected chi connectivity index (χ4v) is 5.64. The summed E-state index contributed by atoms with van der Waals surface area (Å²) in [5.74, 6) is 2.93. The molecule has 33 heavy (non-hydrogen) atoms. The zero-order valence-corrected chi connectivity index (χ0v) is 18.7. The number of anilines is 4. The highest BCUT2D eigenvalue weighted by molar-refractivity contribution is 5.59. The topological polar surface area (TPSA) is 71.3 Å². The average molecular weight is 450 g/mol. The van der Waals surface area contributed by atoms with Gasteiger partial charge < -0.3 is 19.9 Å². The number of methoxy groups -OCH3 is 1. The van der Waals surface area contributed by atoms with Gasteiger partial charge in [-0.05, 0) is 55.4 Å². The Labute approximate surface area is 192 Å². The van der Waals surface area contributed by atoms with Gasteiger partial charge in [-0.3, -0.25) is 0 Å². The number of fused-ring (bicyclic) bond motifs is 3. The number of piperidine rings is 1. The summed E-state index contributed by atoms with van der Waals surface area (Å²) in [7, 11) is 1.65. The number of rotatable bonds is 5. The first kappa shape index (κ1) is 20.3. The van der Waals surface area contributed by atoms with Gasteiger partial charge in [0.25, 0.3) is 0 Å². The smallest absolute Gasteiger partial charge is 0.244 e. The molecule has 2 fully saturated rings. The van der Waals surface area contributed by atoms with E-state index >= 15 is 0 Å². The van der Waals surface area contributed by atoms with Gasteiger partial charge in [0.05, 0.1) is 7.11 Å². The summed E-state index contributed by atoms with van der Waals surface area (Å²) in [5.41, 5.74) is 1.98. The van der Waals surface area contributed by atoms with E-state index in [1.807, 2.05) is 23.0 Å². The van der Waals surface area contributed by atoms with Crippen molar-refractivity contribution in [2.45, 2.75) is 31.8 Å². The van der Waals surface area contributed by atoms with Gasteiger partial charge in [-0.1, -0.05) is 6.07 Å². The number of benzene rings is 1. The summed E-state index contributed by atoms with van der Waals surface area (Å²) in [4.78, 5) is 13.6. The Morgan fingerprint density at radius 3 is 2.70 bits per heavy atom. The van der Waals surface area contributed by atoms with E-state index in [-0.39, 0.29) is 5.82 Å². The predicted octanol–water partition coefficient (Wildman–Crippen LogP) is 3.69. The van der Waals surface area contributed by atoms with Crippen molar-refractivity contribution in [3.63, 3.8) is 0 Å². The molecule has 0 amide bonds. The maximum absolute atomic E-state index is 13.8. The quantitative estimate of drug-likeness (QED) is 0.637. The minimum atomic E-state index is -0.238. The minimum Gasteiger partial charge on any atom is -0.481 e. The summed E-state index contributed by atoms with van der Waals surface area (Å²) in [5, 5.41) is 8.43. The number of pyridine rings is 1. The Balaban J connectivity index is 1.19. The molecule has 3 atom stereocenters. The molecule has 9 heteroatoms. The molecule has 172 valence electrons. The van der Waals surface area contributed by atoms with Crippen molar-refractivity contribution < 1.29 is 9.13 Å². The average Bonchev–Trinajstić information content (AvgIpc) is 3.34. The minimum absolute atomic E-state index is 0.238. The van der Waals surface area contributed by atoms with E-state index in [4.69, 9.17) is 14.8 Å². The van der Waals surface area contributed by atoms with Gasteiger partial charge in [0.15, 0.2) is 0 Å². The Kier molecular flexibility index (Phi) is 5.04. The molecule has 2 bridgehead atoms. The lowest BCUT2D eigenvalue weighted by Gasteiger charge is -2.39. The molecule has 8 nitrogen and oxygen atoms in total. The first-order valence-corrected chi connectivity index (χ1v) is 11.7. The van der Waals surface area contributed by atoms with E-state index in [2.05, 4.69) is 26.2 Å². The molecule has 2 aliphatic heterocycles. The van der Waals surface area contributed by atoms with E-state index in [0.29, 0.717) is 29.7 Å². The maximum Gasteiger partial charge on any atom is 0.244 e. The van der Waals surface area contributed by atoms with Crippen LogP contribution in [-0.4, -0.2) is 52.5 Å². The van der Waals surface area contributed by atoms with E-state index in [0.717, 1.165) is 44.2 Å². The lowest BCUT2D eigenvalue weighted by molar-refractivity contribution is 0.374. The number of ether oxygens (including phenoxy) is 1. The molecular formula is C24H28FN7O. The lowest BCUT2D eigenvalue weighted by atomic mass is 9.92. The van der Waals surface area contributed by atoms with Crippen LogP contribution in [0.5, 0.6) is 5.88 Å². The highest BCUT2D eigenvalue weighted by atomic mass is 19.1. The molecule has 1 saturated carbocycles. The van der Waals surface area contributed by atoms with E-state index in [9.17, 15) is 4.39 Å². The summed E-state index contributed by atoms with van der Waals surface area (Å²) in [6.45, 7) is 3.61. The third-order valence-electron chi connectivity index (χ3n) is 7.19. The molecule has 2 aromatic heterocycles. The van der Waals surface area contributed by atoms with Crippen LogP contribution in [0.2, 0.25) is 0 Å². The van der Waals surface area contributed by atoms with Gasteiger partial charge in [0.1, 0.15) is 5.82 Å². The lowest BCUT2D eigenvalue weighted by Crippen LogP contribution is -2.48. The molecule has 1 aromatic carbocycles. The summed E-state index contributed by atoms with van der Waals surface area (Å²) < 4.78 is 21.1. The fourth-order valence-electron chi connectivity index (χ4n) is 5.64. The number of aryl methyl sites for hydroxylation is 1. The first-order valence-electron chi connectivity index (χ1n) is 11.7. The number of hydrogen-bond donors (Lipinski definition) is 1. The van der Waals surface area contributed by atoms with Crippen LogP contribution in [0.3, 0.4) is 0 Å². The summed E-state index contributed by atoms with van der Waals surface area (Å²) in [6.07, 6.45) is 5.16. The van der Waals surface area contributed by atoms with Crippen LogP contribution in [0.15, 0.2) is 42.6 Å². The van der Waals surface area contributed by atoms with Gasteiger partial charge in [0, 0.05) is 55.9 Å². The number of halogens is 1. The molecular weight excluding hydrogens is 421 g/mol. The SMILES string of the molecule is COc1cc(N2CC3CC[C@@H](C2)C3Nc2nc3n(n2)CCCN3c2cccc(F)c2)ccn1. The van der Waals surface area contributed by atoms with Gasteiger partial charge in [0.2, 0.25) is 17.8 Å². The number of hydrogen-bond acceptors (Lipinski definition) is 7. The van der Waals surface area contributed by atoms with Gasteiger partial charge in [-0.2, -0.15) is 4.98 Å². The van der Waals surface area contributed by atoms with Crippen molar-refractivity contribution in [2.75, 3.05) is 41.9 Å². The van der Waals surface area contributed by atoms with E-state index in [1.54, 1.807) is 19.2 Å². The molecule has 6 rings (SSSR count). The second kappa shape index (κ2) is 8.20. The highest BCUT2D eigenvalue weighted by Crippen LogP contribution is 2.40. The predicted molar refractivity (Wildman–Crippen MR) is 125 cm³/mol. The molecule has 3 aliphatic rings. The zero-order valence-electron chi connectivity index (χ0n) is 18.7. The summed E-state index contributed by atoms with van der Waals surface area (Å²) >= 11 is 0. The molecule has 4 heterocycles. The largest absolute Gasteiger partial charge is 0.481 e. The highest BCUT2D eigenvalue weighted by Gasteiger charge is 2.43. The molecule has 3 aromatic rings. The molecule has 1 N–H and O–H groups in total. The van der Waals surface area contributed by atoms with E-state index in [1.165, 1.54) is 24.6 Å². The monoisotopic (exact) mass is 449 g/mol. The molecule has 1 aliphatic carbocycles. The van der Waals surface area contributed by atoms with Crippen molar-refractivity contribution in [1.82, 2.24) is 19.7 Å². The Morgan fingerprint density at radius 2 is 1.91 bits per heavy atom. The molecule has 0 radical (unpaired) electrons. The number of aromatic nitrogens is 4. The van der Waals surface area contributed by atoms with E-state index < -0.39 is 0 Å². The third-order valence-corrected chi connectivity index (χ3v) is 7.19. The Bertz CT molecular complexity index is 1140. The van der Waals surface area contributed by atoms with Gasteiger partial charge in [-0.25, -0.2) is 14.1 Å². The summed E-state index contributed by atoms with van der Waals surface area (Å²) in [6, 6.07) is 11.1. The van der Waals surface area contributed by atoms with Crippen molar-refractivity contribution in [3.05, 3.63) is 48.4 Å². The number of nitrogens with one attached hydrogen (secondary N) is 1. The Hall–Kier alpha value is -3.36. The van der Waals surface area contributed by atoms with Crippen LogP contribution in [-0.2, 0) is 6.54 Å². The van der Waals surface area contributed by atoms with Crippen LogP contribution >= 0.6 is 0 Å². The fraction of sp³-hybridized carbons (Fsp3) is 0.458. The van der Waals surface area contributed by atoms with Crippen LogP contribution in [0.1, 0.15) is 19.3 Å². The normalized spacial score (nSPS) is 24.0. The Morgan fingerprint density at radius 1 is 1.06 bits per heavy atom. The van der Waals surface area contributed by atoms with Crippen molar-refractivity contribution in [3.8, 4) is 5.88 Å². The van der Waals surface area contributed by atoms with Crippen molar-refractivity contribution >= 4 is 23.3 Å². The first-order chi connectivity index (χ1) is 16.2. The van der Waals surface area contributed by atoms with Crippen molar-refractivity contribution in [1.29, 1.82) is 0 Å².